The number of hydrogen-bond acceptors (Lipinski definition) is 4. The summed E-state index contributed by atoms with van der Waals surface area (Å²) in [5, 5.41) is 3.14. The number of carbonyl (C=O) groups is 2. The molecule has 21 heavy (non-hydrogen) atoms. The van der Waals surface area contributed by atoms with Gasteiger partial charge < -0.3 is 16.0 Å². The second-order valence-corrected chi connectivity index (χ2v) is 6.10. The van der Waals surface area contributed by atoms with E-state index in [1.807, 2.05) is 4.90 Å². The first-order valence-corrected chi connectivity index (χ1v) is 8.18. The monoisotopic (exact) mass is 296 g/mol. The Bertz CT molecular complexity index is 348. The van der Waals surface area contributed by atoms with Gasteiger partial charge >= 0.3 is 0 Å². The zero-order valence-electron chi connectivity index (χ0n) is 12.9. The first-order valence-electron chi connectivity index (χ1n) is 8.18. The van der Waals surface area contributed by atoms with Gasteiger partial charge in [0.15, 0.2) is 0 Å². The van der Waals surface area contributed by atoms with Crippen molar-refractivity contribution in [2.45, 2.75) is 44.6 Å². The summed E-state index contributed by atoms with van der Waals surface area (Å²) < 4.78 is 0. The molecule has 0 aromatic heterocycles. The minimum Gasteiger partial charge on any atom is -0.352 e. The molecule has 1 heterocycles. The van der Waals surface area contributed by atoms with E-state index in [0.717, 1.165) is 25.9 Å². The fourth-order valence-electron chi connectivity index (χ4n) is 3.16. The quantitative estimate of drug-likeness (QED) is 0.744. The van der Waals surface area contributed by atoms with Crippen molar-refractivity contribution < 1.29 is 9.59 Å². The van der Waals surface area contributed by atoms with Gasteiger partial charge in [-0.2, -0.15) is 0 Å². The number of amides is 2. The average molecular weight is 296 g/mol. The van der Waals surface area contributed by atoms with E-state index < -0.39 is 0 Å². The summed E-state index contributed by atoms with van der Waals surface area (Å²) in [5.41, 5.74) is 5.41. The van der Waals surface area contributed by atoms with Crippen LogP contribution < -0.4 is 11.1 Å². The highest BCUT2D eigenvalue weighted by molar-refractivity contribution is 5.78. The van der Waals surface area contributed by atoms with Crippen LogP contribution in [0, 0.1) is 0 Å². The molecular weight excluding hydrogens is 268 g/mol. The summed E-state index contributed by atoms with van der Waals surface area (Å²) in [7, 11) is 0. The molecule has 1 aliphatic carbocycles. The predicted octanol–water partition coefficient (Wildman–Crippen LogP) is -0.0717. The molecule has 0 aromatic carbocycles. The van der Waals surface area contributed by atoms with Gasteiger partial charge in [-0.25, -0.2) is 0 Å². The number of carbonyl (C=O) groups excluding carboxylic acids is 2. The van der Waals surface area contributed by atoms with E-state index in [2.05, 4.69) is 10.2 Å². The Hall–Kier alpha value is -1.14. The molecule has 0 unspecified atom stereocenters. The molecule has 1 saturated heterocycles. The highest BCUT2D eigenvalue weighted by Gasteiger charge is 2.23. The Labute approximate surface area is 127 Å². The fourth-order valence-corrected chi connectivity index (χ4v) is 3.16. The summed E-state index contributed by atoms with van der Waals surface area (Å²) in [6.07, 6.45) is 6.41. The molecule has 120 valence electrons. The lowest BCUT2D eigenvalue weighted by atomic mass is 9.95. The predicted molar refractivity (Wildman–Crippen MR) is 81.7 cm³/mol. The highest BCUT2D eigenvalue weighted by atomic mass is 16.2. The van der Waals surface area contributed by atoms with Crippen LogP contribution in [0.5, 0.6) is 0 Å². The van der Waals surface area contributed by atoms with Crippen molar-refractivity contribution in [1.29, 1.82) is 0 Å². The normalized spacial score (nSPS) is 21.3. The average Bonchev–Trinajstić information content (AvgIpc) is 2.49. The Balaban J connectivity index is 1.65. The standard InChI is InChI=1S/C15H28N4O2/c16-7-6-15(21)19-10-8-18(9-11-19)12-14(20)17-13-4-2-1-3-5-13/h13H,1-12,16H2,(H,17,20). The van der Waals surface area contributed by atoms with Gasteiger partial charge in [-0.3, -0.25) is 14.5 Å². The van der Waals surface area contributed by atoms with Gasteiger partial charge in [-0.05, 0) is 12.8 Å². The van der Waals surface area contributed by atoms with Crippen molar-refractivity contribution in [2.24, 2.45) is 5.73 Å². The van der Waals surface area contributed by atoms with Crippen LogP contribution in [-0.2, 0) is 9.59 Å². The maximum atomic E-state index is 12.0. The lowest BCUT2D eigenvalue weighted by Gasteiger charge is -2.34. The van der Waals surface area contributed by atoms with Crippen LogP contribution in [0.1, 0.15) is 38.5 Å². The zero-order valence-corrected chi connectivity index (χ0v) is 12.9. The maximum Gasteiger partial charge on any atom is 0.234 e. The van der Waals surface area contributed by atoms with Crippen molar-refractivity contribution in [1.82, 2.24) is 15.1 Å². The second-order valence-electron chi connectivity index (χ2n) is 6.10. The second kappa shape index (κ2) is 8.34. The molecule has 0 atom stereocenters. The number of nitrogens with zero attached hydrogens (tertiary/aromatic N) is 2. The molecule has 2 aliphatic rings. The van der Waals surface area contributed by atoms with Crippen LogP contribution >= 0.6 is 0 Å². The summed E-state index contributed by atoms with van der Waals surface area (Å²) in [5.74, 6) is 0.257. The van der Waals surface area contributed by atoms with Crippen molar-refractivity contribution in [3.05, 3.63) is 0 Å². The summed E-state index contributed by atoms with van der Waals surface area (Å²) >= 11 is 0. The topological polar surface area (TPSA) is 78.7 Å². The minimum absolute atomic E-state index is 0.128. The Morgan fingerprint density at radius 2 is 1.71 bits per heavy atom. The number of piperazine rings is 1. The van der Waals surface area contributed by atoms with E-state index in [9.17, 15) is 9.59 Å². The van der Waals surface area contributed by atoms with Gasteiger partial charge in [0.05, 0.1) is 6.54 Å². The number of nitrogens with one attached hydrogen (secondary N) is 1. The molecule has 2 rings (SSSR count). The molecule has 6 heteroatoms. The summed E-state index contributed by atoms with van der Waals surface area (Å²) in [6.45, 7) is 3.81. The molecule has 0 spiro atoms. The number of nitrogens with two attached hydrogens (primary N) is 1. The van der Waals surface area contributed by atoms with E-state index in [1.54, 1.807) is 0 Å². The van der Waals surface area contributed by atoms with Crippen molar-refractivity contribution in [3.63, 3.8) is 0 Å². The fraction of sp³-hybridized carbons (Fsp3) is 0.867. The highest BCUT2D eigenvalue weighted by Crippen LogP contribution is 2.17. The van der Waals surface area contributed by atoms with Crippen LogP contribution in [0.4, 0.5) is 0 Å². The molecule has 2 amide bonds. The van der Waals surface area contributed by atoms with E-state index >= 15 is 0 Å². The smallest absolute Gasteiger partial charge is 0.234 e. The summed E-state index contributed by atoms with van der Waals surface area (Å²) in [6, 6.07) is 0.374. The lowest BCUT2D eigenvalue weighted by molar-refractivity contribution is -0.133. The first-order chi connectivity index (χ1) is 10.2. The molecule has 3 N–H and O–H groups in total. The molecule has 0 bridgehead atoms. The van der Waals surface area contributed by atoms with E-state index in [0.29, 0.717) is 38.6 Å². The van der Waals surface area contributed by atoms with Crippen LogP contribution in [0.2, 0.25) is 0 Å². The van der Waals surface area contributed by atoms with E-state index in [1.165, 1.54) is 19.3 Å². The third kappa shape index (κ3) is 5.28. The molecule has 1 saturated carbocycles. The molecular formula is C15H28N4O2. The van der Waals surface area contributed by atoms with Crippen LogP contribution in [-0.4, -0.2) is 66.9 Å². The third-order valence-electron chi connectivity index (χ3n) is 4.42. The molecule has 0 radical (unpaired) electrons. The number of rotatable bonds is 5. The maximum absolute atomic E-state index is 12.0. The first kappa shape index (κ1) is 16.2. The SMILES string of the molecule is NCCC(=O)N1CCN(CC(=O)NC2CCCCC2)CC1. The van der Waals surface area contributed by atoms with E-state index in [-0.39, 0.29) is 11.8 Å². The van der Waals surface area contributed by atoms with E-state index in [4.69, 9.17) is 5.73 Å². The molecule has 1 aliphatic heterocycles. The van der Waals surface area contributed by atoms with Gasteiger partial charge in [-0.15, -0.1) is 0 Å². The summed E-state index contributed by atoms with van der Waals surface area (Å²) in [4.78, 5) is 27.8. The van der Waals surface area contributed by atoms with Crippen LogP contribution in [0.3, 0.4) is 0 Å². The third-order valence-corrected chi connectivity index (χ3v) is 4.42. The van der Waals surface area contributed by atoms with Gasteiger partial charge in [0.1, 0.15) is 0 Å². The Morgan fingerprint density at radius 3 is 2.33 bits per heavy atom. The van der Waals surface area contributed by atoms with Gasteiger partial charge in [0.25, 0.3) is 0 Å². The largest absolute Gasteiger partial charge is 0.352 e. The Morgan fingerprint density at radius 1 is 1.05 bits per heavy atom. The van der Waals surface area contributed by atoms with Crippen LogP contribution in [0.25, 0.3) is 0 Å². The lowest BCUT2D eigenvalue weighted by Crippen LogP contribution is -2.52. The molecule has 6 nitrogen and oxygen atoms in total. The van der Waals surface area contributed by atoms with Gasteiger partial charge in [-0.1, -0.05) is 19.3 Å². The van der Waals surface area contributed by atoms with Crippen molar-refractivity contribution >= 4 is 11.8 Å². The van der Waals surface area contributed by atoms with Crippen molar-refractivity contribution in [2.75, 3.05) is 39.3 Å². The molecule has 2 fully saturated rings. The zero-order chi connectivity index (χ0) is 15.1. The van der Waals surface area contributed by atoms with Gasteiger partial charge in [0, 0.05) is 45.2 Å². The Kier molecular flexibility index (Phi) is 6.45. The van der Waals surface area contributed by atoms with Gasteiger partial charge in [0.2, 0.25) is 11.8 Å². The van der Waals surface area contributed by atoms with Crippen molar-refractivity contribution in [3.8, 4) is 0 Å². The minimum atomic E-state index is 0.128. The molecule has 0 aromatic rings. The number of hydrogen-bond donors (Lipinski definition) is 2. The van der Waals surface area contributed by atoms with Crippen LogP contribution in [0.15, 0.2) is 0 Å².